The normalized spacial score (nSPS) is 15.3. The molecule has 2 aromatic carbocycles. The summed E-state index contributed by atoms with van der Waals surface area (Å²) >= 11 is 10.2. The van der Waals surface area contributed by atoms with Crippen LogP contribution in [0.15, 0.2) is 74.6 Å². The lowest BCUT2D eigenvalue weighted by Crippen LogP contribution is -2.41. The average Bonchev–Trinajstić information content (AvgIpc) is 3.22. The van der Waals surface area contributed by atoms with E-state index in [0.717, 1.165) is 15.9 Å². The summed E-state index contributed by atoms with van der Waals surface area (Å²) in [5.41, 5.74) is -2.11. The summed E-state index contributed by atoms with van der Waals surface area (Å²) in [7, 11) is 0. The molecule has 0 aliphatic carbocycles. The SMILES string of the molecule is C=CCOc1c(Br)cc(/C=c2\sc3n(c2=O)[C@H](c2ccc(Cl)cc2)C(C(=O)OCC)=C(C(F)(F)F)N=3)cc1OCC. The van der Waals surface area contributed by atoms with Crippen LogP contribution in [0.1, 0.15) is 31.0 Å². The maximum atomic E-state index is 14.3. The van der Waals surface area contributed by atoms with Crippen LogP contribution < -0.4 is 24.4 Å². The van der Waals surface area contributed by atoms with Gasteiger partial charge in [0.2, 0.25) is 0 Å². The number of carbonyl (C=O) groups is 1. The topological polar surface area (TPSA) is 79.1 Å². The molecule has 0 saturated heterocycles. The maximum Gasteiger partial charge on any atom is 0.434 e. The van der Waals surface area contributed by atoms with E-state index in [1.165, 1.54) is 37.3 Å². The van der Waals surface area contributed by atoms with E-state index >= 15 is 0 Å². The van der Waals surface area contributed by atoms with Crippen molar-refractivity contribution in [3.05, 3.63) is 101 Å². The van der Waals surface area contributed by atoms with Gasteiger partial charge in [-0.2, -0.15) is 13.2 Å². The van der Waals surface area contributed by atoms with Gasteiger partial charge in [0, 0.05) is 5.02 Å². The number of halogens is 5. The molecular formula is C28H23BrClF3N2O5S. The second kappa shape index (κ2) is 12.7. The van der Waals surface area contributed by atoms with Crippen LogP contribution in [0.2, 0.25) is 5.02 Å². The summed E-state index contributed by atoms with van der Waals surface area (Å²) in [6.45, 7) is 7.29. The number of nitrogens with zero attached hydrogens (tertiary/aromatic N) is 2. The minimum absolute atomic E-state index is 0.0865. The number of alkyl halides is 3. The minimum Gasteiger partial charge on any atom is -0.490 e. The van der Waals surface area contributed by atoms with Crippen LogP contribution in [-0.2, 0) is 9.53 Å². The molecular weight excluding hydrogens is 649 g/mol. The Kier molecular flexibility index (Phi) is 9.45. The molecule has 1 aromatic heterocycles. The fourth-order valence-electron chi connectivity index (χ4n) is 4.17. The number of fused-ring (bicyclic) bond motifs is 1. The average molecular weight is 672 g/mol. The van der Waals surface area contributed by atoms with Crippen molar-refractivity contribution in [3.63, 3.8) is 0 Å². The first-order chi connectivity index (χ1) is 19.5. The molecule has 216 valence electrons. The predicted octanol–water partition coefficient (Wildman–Crippen LogP) is 5.72. The van der Waals surface area contributed by atoms with Gasteiger partial charge in [0.25, 0.3) is 5.56 Å². The lowest BCUT2D eigenvalue weighted by atomic mass is 9.95. The highest BCUT2D eigenvalue weighted by Crippen LogP contribution is 2.39. The molecule has 0 fully saturated rings. The fraction of sp³-hybridized carbons (Fsp3) is 0.250. The second-order valence-electron chi connectivity index (χ2n) is 8.48. The number of carbonyl (C=O) groups excluding carboxylic acids is 1. The van der Waals surface area contributed by atoms with Crippen LogP contribution in [0, 0.1) is 0 Å². The van der Waals surface area contributed by atoms with Gasteiger partial charge in [-0.3, -0.25) is 9.36 Å². The van der Waals surface area contributed by atoms with Gasteiger partial charge in [-0.15, -0.1) is 0 Å². The molecule has 0 unspecified atom stereocenters. The highest BCUT2D eigenvalue weighted by Gasteiger charge is 2.45. The zero-order valence-corrected chi connectivity index (χ0v) is 24.9. The molecule has 0 radical (unpaired) electrons. The van der Waals surface area contributed by atoms with Gasteiger partial charge in [0.1, 0.15) is 6.61 Å². The third-order valence-electron chi connectivity index (χ3n) is 5.76. The number of benzene rings is 2. The first-order valence-electron chi connectivity index (χ1n) is 12.3. The first-order valence-corrected chi connectivity index (χ1v) is 14.2. The smallest absolute Gasteiger partial charge is 0.434 e. The molecule has 0 bridgehead atoms. The second-order valence-corrected chi connectivity index (χ2v) is 10.8. The molecule has 0 spiro atoms. The molecule has 0 saturated carbocycles. The zero-order chi connectivity index (χ0) is 29.9. The summed E-state index contributed by atoms with van der Waals surface area (Å²) < 4.78 is 60.9. The van der Waals surface area contributed by atoms with Crippen molar-refractivity contribution in [2.45, 2.75) is 26.1 Å². The number of hydrogen-bond donors (Lipinski definition) is 0. The minimum atomic E-state index is -5.00. The predicted molar refractivity (Wildman–Crippen MR) is 153 cm³/mol. The number of ether oxygens (including phenoxy) is 3. The summed E-state index contributed by atoms with van der Waals surface area (Å²) in [5.74, 6) is -0.397. The number of hydrogen-bond acceptors (Lipinski definition) is 7. The summed E-state index contributed by atoms with van der Waals surface area (Å²) in [4.78, 5) is 30.3. The summed E-state index contributed by atoms with van der Waals surface area (Å²) in [5, 5.41) is 0.329. The molecule has 1 aliphatic rings. The molecule has 1 aliphatic heterocycles. The number of esters is 1. The van der Waals surface area contributed by atoms with Crippen molar-refractivity contribution in [1.82, 2.24) is 4.57 Å². The number of thiazole rings is 1. The summed E-state index contributed by atoms with van der Waals surface area (Å²) in [6, 6.07) is 7.71. The Hall–Kier alpha value is -3.35. The third kappa shape index (κ3) is 6.44. The van der Waals surface area contributed by atoms with E-state index < -0.39 is 35.0 Å². The summed E-state index contributed by atoms with van der Waals surface area (Å²) in [6.07, 6.45) is -1.91. The van der Waals surface area contributed by atoms with Crippen LogP contribution >= 0.6 is 38.9 Å². The lowest BCUT2D eigenvalue weighted by molar-refractivity contribution is -0.140. The van der Waals surface area contributed by atoms with E-state index in [9.17, 15) is 22.8 Å². The zero-order valence-electron chi connectivity index (χ0n) is 21.8. The maximum absolute atomic E-state index is 14.3. The van der Waals surface area contributed by atoms with Gasteiger partial charge in [-0.1, -0.05) is 47.7 Å². The number of aromatic nitrogens is 1. The van der Waals surface area contributed by atoms with E-state index in [0.29, 0.717) is 33.2 Å². The van der Waals surface area contributed by atoms with Gasteiger partial charge >= 0.3 is 12.1 Å². The Bertz CT molecular complexity index is 1700. The van der Waals surface area contributed by atoms with Crippen LogP contribution in [0.25, 0.3) is 6.08 Å². The van der Waals surface area contributed by atoms with E-state index in [1.807, 2.05) is 0 Å². The van der Waals surface area contributed by atoms with E-state index in [4.69, 9.17) is 25.8 Å². The van der Waals surface area contributed by atoms with Gasteiger partial charge in [0.05, 0.1) is 33.8 Å². The monoisotopic (exact) mass is 670 g/mol. The Labute approximate surface area is 250 Å². The van der Waals surface area contributed by atoms with E-state index in [-0.39, 0.29) is 28.1 Å². The Morgan fingerprint density at radius 2 is 1.90 bits per heavy atom. The molecule has 0 N–H and O–H groups in total. The van der Waals surface area contributed by atoms with E-state index in [2.05, 4.69) is 27.5 Å². The molecule has 41 heavy (non-hydrogen) atoms. The van der Waals surface area contributed by atoms with Crippen molar-refractivity contribution in [1.29, 1.82) is 0 Å². The van der Waals surface area contributed by atoms with Crippen molar-refractivity contribution >= 4 is 50.9 Å². The lowest BCUT2D eigenvalue weighted by Gasteiger charge is -2.26. The number of rotatable bonds is 9. The van der Waals surface area contributed by atoms with Crippen molar-refractivity contribution in [2.24, 2.45) is 4.99 Å². The highest BCUT2D eigenvalue weighted by atomic mass is 79.9. The third-order valence-corrected chi connectivity index (χ3v) is 7.58. The standard InChI is InChI=1S/C28H23BrClF3N2O5S/c1-4-11-40-23-18(29)12-15(13-19(23)38-5-2)14-20-25(36)35-22(16-7-9-17(30)10-8-16)21(26(37)39-6-3)24(28(31,32)33)34-27(35)41-20/h4,7-10,12-14,22H,1,5-6,11H2,2-3H3/b20-14-/t22-/m1/s1. The molecule has 13 heteroatoms. The van der Waals surface area contributed by atoms with Crippen molar-refractivity contribution in [2.75, 3.05) is 19.8 Å². The Balaban J connectivity index is 1.98. The number of allylic oxidation sites excluding steroid dienone is 1. The van der Waals surface area contributed by atoms with Crippen molar-refractivity contribution in [3.8, 4) is 11.5 Å². The van der Waals surface area contributed by atoms with Crippen molar-refractivity contribution < 1.29 is 32.2 Å². The van der Waals surface area contributed by atoms with E-state index in [1.54, 1.807) is 25.1 Å². The van der Waals surface area contributed by atoms with Gasteiger partial charge < -0.3 is 14.2 Å². The van der Waals surface area contributed by atoms with Crippen LogP contribution in [-0.4, -0.2) is 36.5 Å². The molecule has 0 amide bonds. The van der Waals surface area contributed by atoms with Crippen LogP contribution in [0.5, 0.6) is 11.5 Å². The quantitative estimate of drug-likeness (QED) is 0.215. The first kappa shape index (κ1) is 30.6. The molecule has 7 nitrogen and oxygen atoms in total. The largest absolute Gasteiger partial charge is 0.490 e. The Morgan fingerprint density at radius 3 is 2.51 bits per heavy atom. The molecule has 2 heterocycles. The van der Waals surface area contributed by atoms with Crippen LogP contribution in [0.4, 0.5) is 13.2 Å². The van der Waals surface area contributed by atoms with Gasteiger partial charge in [-0.05, 0) is 71.2 Å². The molecule has 1 atom stereocenters. The van der Waals surface area contributed by atoms with Gasteiger partial charge in [0.15, 0.2) is 22.0 Å². The molecule has 4 rings (SSSR count). The molecule has 3 aromatic rings. The highest BCUT2D eigenvalue weighted by molar-refractivity contribution is 9.10. The fourth-order valence-corrected chi connectivity index (χ4v) is 5.87. The van der Waals surface area contributed by atoms with Crippen LogP contribution in [0.3, 0.4) is 0 Å². The Morgan fingerprint density at radius 1 is 1.20 bits per heavy atom. The van der Waals surface area contributed by atoms with Gasteiger partial charge in [-0.25, -0.2) is 9.79 Å².